The van der Waals surface area contributed by atoms with Gasteiger partial charge in [-0.25, -0.2) is 0 Å². The Bertz CT molecular complexity index is 250. The fourth-order valence-corrected chi connectivity index (χ4v) is 1.09. The summed E-state index contributed by atoms with van der Waals surface area (Å²) >= 11 is 0. The quantitative estimate of drug-likeness (QED) is 0.559. The van der Waals surface area contributed by atoms with E-state index in [1.165, 1.54) is 0 Å². The lowest BCUT2D eigenvalue weighted by Crippen LogP contribution is -2.26. The molecule has 0 aliphatic heterocycles. The van der Waals surface area contributed by atoms with Crippen molar-refractivity contribution >= 4 is 5.69 Å². The van der Waals surface area contributed by atoms with E-state index < -0.39 is 0 Å². The maximum atomic E-state index is 8.71. The fraction of sp³-hybridized carbons (Fsp3) is 0.333. The first-order chi connectivity index (χ1) is 5.72. The Morgan fingerprint density at radius 2 is 2.17 bits per heavy atom. The van der Waals surface area contributed by atoms with Crippen molar-refractivity contribution in [2.45, 2.75) is 12.5 Å². The zero-order valence-corrected chi connectivity index (χ0v) is 6.90. The summed E-state index contributed by atoms with van der Waals surface area (Å²) in [6.07, 6.45) is 0.668. The zero-order chi connectivity index (χ0) is 8.97. The predicted octanol–water partition coefficient (Wildman–Crippen LogP) is 0.131. The van der Waals surface area contributed by atoms with E-state index in [1.807, 2.05) is 24.3 Å². The van der Waals surface area contributed by atoms with Gasteiger partial charge in [0, 0.05) is 11.7 Å². The average molecular weight is 166 g/mol. The summed E-state index contributed by atoms with van der Waals surface area (Å²) < 4.78 is 0. The number of benzene rings is 1. The SMILES string of the molecule is Nc1cccc(CC(N)CO)c1. The van der Waals surface area contributed by atoms with Crippen molar-refractivity contribution in [3.8, 4) is 0 Å². The summed E-state index contributed by atoms with van der Waals surface area (Å²) in [5.41, 5.74) is 12.9. The standard InChI is InChI=1S/C9H14N2O/c10-8-3-1-2-7(4-8)5-9(11)6-12/h1-4,9,12H,5-6,10-11H2. The van der Waals surface area contributed by atoms with E-state index in [4.69, 9.17) is 16.6 Å². The van der Waals surface area contributed by atoms with Gasteiger partial charge in [0.25, 0.3) is 0 Å². The molecule has 1 aromatic carbocycles. The molecule has 1 unspecified atom stereocenters. The van der Waals surface area contributed by atoms with Crippen LogP contribution in [0.4, 0.5) is 5.69 Å². The van der Waals surface area contributed by atoms with Gasteiger partial charge in [0.2, 0.25) is 0 Å². The molecule has 0 aliphatic carbocycles. The topological polar surface area (TPSA) is 72.3 Å². The molecule has 0 bridgehead atoms. The average Bonchev–Trinajstić information content (AvgIpc) is 2.04. The number of rotatable bonds is 3. The van der Waals surface area contributed by atoms with Crippen molar-refractivity contribution in [2.75, 3.05) is 12.3 Å². The molecule has 0 amide bonds. The molecule has 0 saturated carbocycles. The largest absolute Gasteiger partial charge is 0.399 e. The summed E-state index contributed by atoms with van der Waals surface area (Å²) in [7, 11) is 0. The second kappa shape index (κ2) is 4.09. The van der Waals surface area contributed by atoms with E-state index in [9.17, 15) is 0 Å². The van der Waals surface area contributed by atoms with Crippen LogP contribution in [-0.2, 0) is 6.42 Å². The van der Waals surface area contributed by atoms with Crippen molar-refractivity contribution < 1.29 is 5.11 Å². The van der Waals surface area contributed by atoms with E-state index in [1.54, 1.807) is 0 Å². The Hall–Kier alpha value is -1.06. The maximum absolute atomic E-state index is 8.71. The molecule has 1 aromatic rings. The van der Waals surface area contributed by atoms with Gasteiger partial charge in [-0.05, 0) is 24.1 Å². The third-order valence-electron chi connectivity index (χ3n) is 1.68. The summed E-state index contributed by atoms with van der Waals surface area (Å²) in [5.74, 6) is 0. The number of hydrogen-bond donors (Lipinski definition) is 3. The summed E-state index contributed by atoms with van der Waals surface area (Å²) in [6.45, 7) is 0.00873. The lowest BCUT2D eigenvalue weighted by Gasteiger charge is -2.07. The van der Waals surface area contributed by atoms with Crippen molar-refractivity contribution in [1.82, 2.24) is 0 Å². The van der Waals surface area contributed by atoms with Gasteiger partial charge in [-0.1, -0.05) is 12.1 Å². The third-order valence-corrected chi connectivity index (χ3v) is 1.68. The molecule has 12 heavy (non-hydrogen) atoms. The highest BCUT2D eigenvalue weighted by atomic mass is 16.3. The molecular formula is C9H14N2O. The highest BCUT2D eigenvalue weighted by molar-refractivity contribution is 5.40. The van der Waals surface area contributed by atoms with Crippen LogP contribution < -0.4 is 11.5 Å². The van der Waals surface area contributed by atoms with Gasteiger partial charge in [-0.3, -0.25) is 0 Å². The summed E-state index contributed by atoms with van der Waals surface area (Å²) in [4.78, 5) is 0. The molecule has 1 atom stereocenters. The molecule has 0 aliphatic rings. The molecule has 3 nitrogen and oxygen atoms in total. The van der Waals surface area contributed by atoms with Crippen molar-refractivity contribution in [1.29, 1.82) is 0 Å². The highest BCUT2D eigenvalue weighted by Gasteiger charge is 2.01. The van der Waals surface area contributed by atoms with Crippen LogP contribution in [0, 0.1) is 0 Å². The predicted molar refractivity (Wildman–Crippen MR) is 49.6 cm³/mol. The van der Waals surface area contributed by atoms with Gasteiger partial charge >= 0.3 is 0 Å². The number of nitrogens with two attached hydrogens (primary N) is 2. The smallest absolute Gasteiger partial charge is 0.0585 e. The van der Waals surface area contributed by atoms with Crippen molar-refractivity contribution in [3.05, 3.63) is 29.8 Å². The highest BCUT2D eigenvalue weighted by Crippen LogP contribution is 2.07. The first kappa shape index (κ1) is 9.03. The summed E-state index contributed by atoms with van der Waals surface area (Å²) in [6, 6.07) is 7.34. The van der Waals surface area contributed by atoms with Crippen LogP contribution in [0.1, 0.15) is 5.56 Å². The first-order valence-corrected chi connectivity index (χ1v) is 3.93. The summed E-state index contributed by atoms with van der Waals surface area (Å²) in [5, 5.41) is 8.71. The van der Waals surface area contributed by atoms with Crippen LogP contribution in [0.15, 0.2) is 24.3 Å². The zero-order valence-electron chi connectivity index (χ0n) is 6.90. The Kier molecular flexibility index (Phi) is 3.08. The maximum Gasteiger partial charge on any atom is 0.0585 e. The van der Waals surface area contributed by atoms with Gasteiger partial charge in [-0.15, -0.1) is 0 Å². The molecule has 66 valence electrons. The van der Waals surface area contributed by atoms with Crippen LogP contribution in [0.25, 0.3) is 0 Å². The minimum Gasteiger partial charge on any atom is -0.399 e. The minimum absolute atomic E-state index is 0.00873. The van der Waals surface area contributed by atoms with E-state index in [0.717, 1.165) is 11.3 Å². The Morgan fingerprint density at radius 1 is 1.42 bits per heavy atom. The van der Waals surface area contributed by atoms with Gasteiger partial charge < -0.3 is 16.6 Å². The molecule has 3 heteroatoms. The van der Waals surface area contributed by atoms with E-state index in [0.29, 0.717) is 6.42 Å². The van der Waals surface area contributed by atoms with E-state index in [-0.39, 0.29) is 12.6 Å². The molecule has 0 fully saturated rings. The van der Waals surface area contributed by atoms with Crippen LogP contribution in [0.3, 0.4) is 0 Å². The molecule has 0 saturated heterocycles. The van der Waals surface area contributed by atoms with Crippen LogP contribution >= 0.6 is 0 Å². The van der Waals surface area contributed by atoms with Gasteiger partial charge in [0.05, 0.1) is 6.61 Å². The first-order valence-electron chi connectivity index (χ1n) is 3.93. The lowest BCUT2D eigenvalue weighted by molar-refractivity contribution is 0.265. The van der Waals surface area contributed by atoms with Gasteiger partial charge in [0.15, 0.2) is 0 Å². The number of hydrogen-bond acceptors (Lipinski definition) is 3. The number of aliphatic hydroxyl groups excluding tert-OH is 1. The Balaban J connectivity index is 2.63. The van der Waals surface area contributed by atoms with Gasteiger partial charge in [0.1, 0.15) is 0 Å². The molecule has 0 radical (unpaired) electrons. The van der Waals surface area contributed by atoms with E-state index in [2.05, 4.69) is 0 Å². The molecular weight excluding hydrogens is 152 g/mol. The molecule has 0 aromatic heterocycles. The molecule has 1 rings (SSSR count). The molecule has 0 spiro atoms. The van der Waals surface area contributed by atoms with Gasteiger partial charge in [-0.2, -0.15) is 0 Å². The Morgan fingerprint density at radius 3 is 2.75 bits per heavy atom. The van der Waals surface area contributed by atoms with Crippen molar-refractivity contribution in [3.63, 3.8) is 0 Å². The van der Waals surface area contributed by atoms with E-state index >= 15 is 0 Å². The Labute approximate surface area is 72.0 Å². The minimum atomic E-state index is -0.188. The lowest BCUT2D eigenvalue weighted by atomic mass is 10.1. The number of nitrogen functional groups attached to an aromatic ring is 1. The van der Waals surface area contributed by atoms with Crippen LogP contribution in [0.5, 0.6) is 0 Å². The van der Waals surface area contributed by atoms with Crippen LogP contribution in [0.2, 0.25) is 0 Å². The second-order valence-corrected chi connectivity index (χ2v) is 2.89. The van der Waals surface area contributed by atoms with Crippen LogP contribution in [-0.4, -0.2) is 17.8 Å². The normalized spacial score (nSPS) is 12.8. The fourth-order valence-electron chi connectivity index (χ4n) is 1.09. The molecule has 5 N–H and O–H groups in total. The van der Waals surface area contributed by atoms with Crippen molar-refractivity contribution in [2.24, 2.45) is 5.73 Å². The second-order valence-electron chi connectivity index (χ2n) is 2.89. The third kappa shape index (κ3) is 2.53. The molecule has 0 heterocycles. The monoisotopic (exact) mass is 166 g/mol. The number of anilines is 1. The number of aliphatic hydroxyl groups is 1.